The Hall–Kier alpha value is -0.795. The van der Waals surface area contributed by atoms with Gasteiger partial charge in [0.25, 0.3) is 0 Å². The summed E-state index contributed by atoms with van der Waals surface area (Å²) in [7, 11) is 1.90. The summed E-state index contributed by atoms with van der Waals surface area (Å²) in [4.78, 5) is 24.1. The number of amides is 1. The number of Topliss-reactive ketones (excluding diaryl/α,β-unsaturated/α-hetero) is 1. The Morgan fingerprint density at radius 1 is 1.38 bits per heavy atom. The van der Waals surface area contributed by atoms with Crippen molar-refractivity contribution < 1.29 is 9.59 Å². The van der Waals surface area contributed by atoms with Gasteiger partial charge in [-0.15, -0.1) is 0 Å². The molecule has 1 aliphatic rings. The number of hydrogen-bond donors (Lipinski definition) is 0. The molecule has 0 aromatic rings. The van der Waals surface area contributed by atoms with Gasteiger partial charge in [-0.25, -0.2) is 0 Å². The van der Waals surface area contributed by atoms with Gasteiger partial charge in [-0.3, -0.25) is 4.79 Å². The maximum absolute atomic E-state index is 11.3. The lowest BCUT2D eigenvalue weighted by Crippen LogP contribution is -2.38. The molecule has 1 fully saturated rings. The Balaban J connectivity index is 2.39. The molecule has 72 valence electrons. The number of likely N-dealkylation sites (tertiary alicyclic amines) is 1. The highest BCUT2D eigenvalue weighted by Crippen LogP contribution is 2.18. The third-order valence-electron chi connectivity index (χ3n) is 2.74. The third kappa shape index (κ3) is 2.57. The molecular weight excluding hydrogens is 165 g/mol. The van der Waals surface area contributed by atoms with Crippen LogP contribution >= 0.6 is 0 Å². The first-order valence-corrected chi connectivity index (χ1v) is 4.93. The number of hydrogen-bond acceptors (Lipinski definition) is 2. The molecule has 1 rings (SSSR count). The van der Waals surface area contributed by atoms with Crippen molar-refractivity contribution in [2.75, 3.05) is 13.1 Å². The van der Waals surface area contributed by atoms with Crippen LogP contribution < -0.4 is 0 Å². The fourth-order valence-corrected chi connectivity index (χ4v) is 1.81. The van der Waals surface area contributed by atoms with Gasteiger partial charge in [0, 0.05) is 25.9 Å². The number of piperidine rings is 1. The van der Waals surface area contributed by atoms with Crippen molar-refractivity contribution in [3.63, 3.8) is 0 Å². The molecule has 0 saturated carbocycles. The van der Waals surface area contributed by atoms with Crippen molar-refractivity contribution in [3.05, 3.63) is 0 Å². The highest BCUT2D eigenvalue weighted by Gasteiger charge is 2.24. The number of carbonyl (C=O) groups is 2. The molecule has 0 unspecified atom stereocenters. The van der Waals surface area contributed by atoms with Crippen LogP contribution in [0.2, 0.25) is 6.32 Å². The average molecular weight is 181 g/mol. The van der Waals surface area contributed by atoms with Gasteiger partial charge in [-0.1, -0.05) is 0 Å². The predicted molar refractivity (Wildman–Crippen MR) is 53.3 cm³/mol. The quantitative estimate of drug-likeness (QED) is 0.556. The molecule has 0 aromatic carbocycles. The maximum Gasteiger partial charge on any atom is 0.219 e. The van der Waals surface area contributed by atoms with E-state index in [0.29, 0.717) is 12.1 Å². The van der Waals surface area contributed by atoms with Gasteiger partial charge in [0.2, 0.25) is 5.91 Å². The Morgan fingerprint density at radius 2 is 1.92 bits per heavy atom. The first-order valence-electron chi connectivity index (χ1n) is 4.93. The van der Waals surface area contributed by atoms with E-state index in [0.717, 1.165) is 25.9 Å². The third-order valence-corrected chi connectivity index (χ3v) is 2.74. The summed E-state index contributed by atoms with van der Waals surface area (Å²) in [5.41, 5.74) is 0. The summed E-state index contributed by atoms with van der Waals surface area (Å²) in [6.45, 7) is 3.10. The Kier molecular flexibility index (Phi) is 3.52. The molecule has 0 N–H and O–H groups in total. The molecule has 0 aliphatic carbocycles. The average Bonchev–Trinajstić information content (AvgIpc) is 2.17. The Bertz CT molecular complexity index is 210. The maximum atomic E-state index is 11.3. The SMILES string of the molecule is BCC(=O)C1CCN(C(C)=O)CC1. The van der Waals surface area contributed by atoms with Crippen LogP contribution in [0.3, 0.4) is 0 Å². The molecule has 0 aromatic heterocycles. The zero-order chi connectivity index (χ0) is 9.84. The molecule has 1 saturated heterocycles. The molecule has 0 bridgehead atoms. The lowest BCUT2D eigenvalue weighted by atomic mass is 9.85. The van der Waals surface area contributed by atoms with Gasteiger partial charge in [-0.2, -0.15) is 0 Å². The number of nitrogens with zero attached hydrogens (tertiary/aromatic N) is 1. The molecule has 1 aliphatic heterocycles. The smallest absolute Gasteiger partial charge is 0.219 e. The molecule has 3 nitrogen and oxygen atoms in total. The summed E-state index contributed by atoms with van der Waals surface area (Å²) < 4.78 is 0. The highest BCUT2D eigenvalue weighted by atomic mass is 16.2. The Morgan fingerprint density at radius 3 is 2.31 bits per heavy atom. The van der Waals surface area contributed by atoms with E-state index >= 15 is 0 Å². The van der Waals surface area contributed by atoms with E-state index in [2.05, 4.69) is 0 Å². The molecule has 4 heteroatoms. The van der Waals surface area contributed by atoms with Crippen molar-refractivity contribution >= 4 is 19.5 Å². The van der Waals surface area contributed by atoms with Crippen molar-refractivity contribution in [1.29, 1.82) is 0 Å². The molecule has 0 atom stereocenters. The first-order chi connectivity index (χ1) is 6.15. The van der Waals surface area contributed by atoms with Crippen LogP contribution in [0.5, 0.6) is 0 Å². The van der Waals surface area contributed by atoms with E-state index in [4.69, 9.17) is 0 Å². The van der Waals surface area contributed by atoms with E-state index in [1.165, 1.54) is 0 Å². The van der Waals surface area contributed by atoms with Crippen molar-refractivity contribution in [1.82, 2.24) is 4.90 Å². The zero-order valence-electron chi connectivity index (χ0n) is 8.38. The summed E-state index contributed by atoms with van der Waals surface area (Å²) >= 11 is 0. The van der Waals surface area contributed by atoms with Gasteiger partial charge < -0.3 is 9.69 Å². The minimum absolute atomic E-state index is 0.127. The standard InChI is InChI=1S/C9H16BNO2/c1-7(12)11-4-2-8(3-5-11)9(13)6-10/h8H,2-6,10H2,1H3. The second-order valence-electron chi connectivity index (χ2n) is 3.60. The van der Waals surface area contributed by atoms with Crippen molar-refractivity contribution in [2.24, 2.45) is 5.92 Å². The number of ketones is 1. The fourth-order valence-electron chi connectivity index (χ4n) is 1.81. The summed E-state index contributed by atoms with van der Waals surface area (Å²) in [6, 6.07) is 0. The normalized spacial score (nSPS) is 18.7. The fraction of sp³-hybridized carbons (Fsp3) is 0.778. The van der Waals surface area contributed by atoms with Gasteiger partial charge in [0.15, 0.2) is 0 Å². The molecule has 0 radical (unpaired) electrons. The van der Waals surface area contributed by atoms with Crippen LogP contribution in [0.15, 0.2) is 0 Å². The molecular formula is C9H16BNO2. The van der Waals surface area contributed by atoms with E-state index in [1.807, 2.05) is 12.7 Å². The van der Waals surface area contributed by atoms with Crippen LogP contribution in [-0.2, 0) is 9.59 Å². The van der Waals surface area contributed by atoms with Crippen LogP contribution in [0, 0.1) is 5.92 Å². The topological polar surface area (TPSA) is 37.4 Å². The molecule has 1 amide bonds. The van der Waals surface area contributed by atoms with Crippen LogP contribution in [0.1, 0.15) is 19.8 Å². The van der Waals surface area contributed by atoms with Gasteiger partial charge in [0.1, 0.15) is 13.6 Å². The summed E-state index contributed by atoms with van der Waals surface area (Å²) in [5, 5.41) is 0. The van der Waals surface area contributed by atoms with E-state index in [9.17, 15) is 9.59 Å². The van der Waals surface area contributed by atoms with Crippen LogP contribution in [0.25, 0.3) is 0 Å². The van der Waals surface area contributed by atoms with Gasteiger partial charge >= 0.3 is 0 Å². The van der Waals surface area contributed by atoms with E-state index < -0.39 is 0 Å². The second kappa shape index (κ2) is 4.44. The minimum atomic E-state index is 0.127. The van der Waals surface area contributed by atoms with Crippen LogP contribution in [0.4, 0.5) is 0 Å². The van der Waals surface area contributed by atoms with E-state index in [1.54, 1.807) is 6.92 Å². The molecule has 1 heterocycles. The predicted octanol–water partition coefficient (Wildman–Crippen LogP) is -0.135. The van der Waals surface area contributed by atoms with Gasteiger partial charge in [-0.05, 0) is 19.2 Å². The van der Waals surface area contributed by atoms with Crippen molar-refractivity contribution in [3.8, 4) is 0 Å². The van der Waals surface area contributed by atoms with Gasteiger partial charge in [0.05, 0.1) is 0 Å². The lowest BCUT2D eigenvalue weighted by Gasteiger charge is -2.30. The molecule has 13 heavy (non-hydrogen) atoms. The monoisotopic (exact) mass is 181 g/mol. The Labute approximate surface area is 79.9 Å². The lowest BCUT2D eigenvalue weighted by molar-refractivity contribution is -0.132. The number of rotatable bonds is 2. The first kappa shape index (κ1) is 10.3. The summed E-state index contributed by atoms with van der Waals surface area (Å²) in [6.07, 6.45) is 2.34. The van der Waals surface area contributed by atoms with E-state index in [-0.39, 0.29) is 11.8 Å². The molecule has 0 spiro atoms. The van der Waals surface area contributed by atoms with Crippen molar-refractivity contribution in [2.45, 2.75) is 26.1 Å². The van der Waals surface area contributed by atoms with Crippen LogP contribution in [-0.4, -0.2) is 37.5 Å². The number of carbonyl (C=O) groups excluding carboxylic acids is 2. The largest absolute Gasteiger partial charge is 0.343 e. The highest BCUT2D eigenvalue weighted by molar-refractivity contribution is 6.20. The summed E-state index contributed by atoms with van der Waals surface area (Å²) in [5.74, 6) is 0.686. The minimum Gasteiger partial charge on any atom is -0.343 e. The zero-order valence-corrected chi connectivity index (χ0v) is 8.38. The second-order valence-corrected chi connectivity index (χ2v) is 3.60.